The van der Waals surface area contributed by atoms with Crippen LogP contribution in [0.1, 0.15) is 64.4 Å². The van der Waals surface area contributed by atoms with Crippen LogP contribution in [0.3, 0.4) is 0 Å². The Morgan fingerprint density at radius 1 is 1.21 bits per heavy atom. The smallest absolute Gasteiger partial charge is 0.306 e. The zero-order chi connectivity index (χ0) is 18.0. The zero-order valence-corrected chi connectivity index (χ0v) is 16.8. The van der Waals surface area contributed by atoms with E-state index in [1.165, 1.54) is 5.56 Å². The summed E-state index contributed by atoms with van der Waals surface area (Å²) in [6.07, 6.45) is 3.82. The van der Waals surface area contributed by atoms with Crippen molar-refractivity contribution in [2.45, 2.75) is 82.5 Å². The number of aliphatic carboxylic acids is 1. The molecule has 1 aromatic carbocycles. The maximum absolute atomic E-state index is 11.5. The first-order valence-corrected chi connectivity index (χ1v) is 11.9. The van der Waals surface area contributed by atoms with E-state index in [9.17, 15) is 9.90 Å². The number of hydrogen-bond acceptors (Lipinski definition) is 2. The summed E-state index contributed by atoms with van der Waals surface area (Å²) >= 11 is 0. The highest BCUT2D eigenvalue weighted by molar-refractivity contribution is 6.74. The van der Waals surface area contributed by atoms with Crippen LogP contribution in [0.4, 0.5) is 0 Å². The molecule has 0 atom stereocenters. The number of carboxylic acid groups (broad SMARTS) is 1. The highest BCUT2D eigenvalue weighted by Gasteiger charge is 2.47. The summed E-state index contributed by atoms with van der Waals surface area (Å²) in [5.74, 6) is -0.219. The Hall–Kier alpha value is -1.13. The molecule has 134 valence electrons. The topological polar surface area (TPSA) is 46.5 Å². The fourth-order valence-corrected chi connectivity index (χ4v) is 5.15. The molecule has 0 unspecified atom stereocenters. The van der Waals surface area contributed by atoms with E-state index in [1.807, 2.05) is 6.07 Å². The number of hydrogen-bond donors (Lipinski definition) is 1. The van der Waals surface area contributed by atoms with Crippen molar-refractivity contribution in [3.8, 4) is 0 Å². The summed E-state index contributed by atoms with van der Waals surface area (Å²) in [5, 5.41) is 9.54. The Morgan fingerprint density at radius 2 is 1.75 bits per heavy atom. The van der Waals surface area contributed by atoms with E-state index >= 15 is 0 Å². The standard InChI is InChI=1S/C20H32O3Si/c1-19(2,3)24(4,5)23-20(15-18(21)22)13-11-17(12-14-20)16-9-7-6-8-10-16/h6-10,17H,11-15H2,1-5H3,(H,21,22)/t17-,20-. The third-order valence-electron chi connectivity index (χ3n) is 5.92. The molecule has 0 bridgehead atoms. The van der Waals surface area contributed by atoms with E-state index in [-0.39, 0.29) is 11.5 Å². The first-order valence-electron chi connectivity index (χ1n) is 9.02. The zero-order valence-electron chi connectivity index (χ0n) is 15.8. The van der Waals surface area contributed by atoms with Crippen LogP contribution in [-0.4, -0.2) is 25.0 Å². The molecule has 0 heterocycles. The minimum Gasteiger partial charge on any atom is -0.481 e. The Morgan fingerprint density at radius 3 is 2.21 bits per heavy atom. The second-order valence-corrected chi connectivity index (χ2v) is 13.5. The summed E-state index contributed by atoms with van der Waals surface area (Å²) in [4.78, 5) is 11.5. The molecule has 24 heavy (non-hydrogen) atoms. The minimum atomic E-state index is -2.00. The molecular formula is C20H32O3Si. The Kier molecular flexibility index (Phi) is 5.60. The lowest BCUT2D eigenvalue weighted by atomic mass is 9.75. The molecule has 3 nitrogen and oxygen atoms in total. The molecule has 0 amide bonds. The van der Waals surface area contributed by atoms with Gasteiger partial charge in [-0.05, 0) is 55.3 Å². The number of carbonyl (C=O) groups is 1. The van der Waals surface area contributed by atoms with Gasteiger partial charge in [-0.2, -0.15) is 0 Å². The monoisotopic (exact) mass is 348 g/mol. The maximum Gasteiger partial charge on any atom is 0.306 e. The van der Waals surface area contributed by atoms with Gasteiger partial charge >= 0.3 is 5.97 Å². The van der Waals surface area contributed by atoms with Crippen molar-refractivity contribution in [3.63, 3.8) is 0 Å². The molecule has 1 aromatic rings. The lowest BCUT2D eigenvalue weighted by Crippen LogP contribution is -2.51. The fraction of sp³-hybridized carbons (Fsp3) is 0.650. The molecule has 0 aromatic heterocycles. The van der Waals surface area contributed by atoms with Crippen molar-refractivity contribution < 1.29 is 14.3 Å². The van der Waals surface area contributed by atoms with Gasteiger partial charge in [-0.25, -0.2) is 0 Å². The van der Waals surface area contributed by atoms with E-state index in [2.05, 4.69) is 58.1 Å². The number of rotatable bonds is 5. The summed E-state index contributed by atoms with van der Waals surface area (Å²) < 4.78 is 6.68. The van der Waals surface area contributed by atoms with Gasteiger partial charge in [0.2, 0.25) is 0 Å². The third-order valence-corrected chi connectivity index (χ3v) is 10.5. The third kappa shape index (κ3) is 4.48. The lowest BCUT2D eigenvalue weighted by Gasteiger charge is -2.48. The lowest BCUT2D eigenvalue weighted by molar-refractivity contribution is -0.143. The van der Waals surface area contributed by atoms with Gasteiger partial charge < -0.3 is 9.53 Å². The van der Waals surface area contributed by atoms with Crippen LogP contribution in [0.25, 0.3) is 0 Å². The normalized spacial score (nSPS) is 25.5. The van der Waals surface area contributed by atoms with E-state index in [0.717, 1.165) is 25.7 Å². The van der Waals surface area contributed by atoms with Gasteiger partial charge in [0, 0.05) is 0 Å². The SMILES string of the molecule is CC(C)(C)[Si](C)(C)O[C@]1(CC(=O)O)CC[C@@H](c2ccccc2)CC1. The fourth-order valence-electron chi connectivity index (χ4n) is 3.49. The number of carboxylic acids is 1. The molecule has 1 saturated carbocycles. The Balaban J connectivity index is 2.15. The second-order valence-electron chi connectivity index (χ2n) is 8.80. The summed E-state index contributed by atoms with van der Waals surface area (Å²) in [6.45, 7) is 11.1. The van der Waals surface area contributed by atoms with Crippen LogP contribution in [-0.2, 0) is 9.22 Å². The van der Waals surface area contributed by atoms with Gasteiger partial charge in [0.25, 0.3) is 0 Å². The first kappa shape index (κ1) is 19.2. The second kappa shape index (κ2) is 7.01. The average Bonchev–Trinajstić information content (AvgIpc) is 2.46. The summed E-state index contributed by atoms with van der Waals surface area (Å²) in [5.41, 5.74) is 0.883. The average molecular weight is 349 g/mol. The molecular weight excluding hydrogens is 316 g/mol. The van der Waals surface area contributed by atoms with Gasteiger partial charge in [0.15, 0.2) is 8.32 Å². The number of benzene rings is 1. The van der Waals surface area contributed by atoms with Crippen LogP contribution in [0.5, 0.6) is 0 Å². The van der Waals surface area contributed by atoms with Crippen molar-refractivity contribution in [3.05, 3.63) is 35.9 Å². The van der Waals surface area contributed by atoms with E-state index in [4.69, 9.17) is 4.43 Å². The van der Waals surface area contributed by atoms with E-state index in [0.29, 0.717) is 5.92 Å². The molecule has 1 aliphatic rings. The van der Waals surface area contributed by atoms with Gasteiger partial charge in [-0.3, -0.25) is 4.79 Å². The summed E-state index contributed by atoms with van der Waals surface area (Å²) in [6, 6.07) is 10.6. The van der Waals surface area contributed by atoms with Crippen LogP contribution in [0, 0.1) is 0 Å². The molecule has 0 spiro atoms. The largest absolute Gasteiger partial charge is 0.481 e. The van der Waals surface area contributed by atoms with Gasteiger partial charge in [-0.1, -0.05) is 51.1 Å². The van der Waals surface area contributed by atoms with Gasteiger partial charge in [-0.15, -0.1) is 0 Å². The Labute approximate surface area is 147 Å². The molecule has 0 radical (unpaired) electrons. The van der Waals surface area contributed by atoms with Crippen LogP contribution in [0.2, 0.25) is 18.1 Å². The van der Waals surface area contributed by atoms with Crippen molar-refractivity contribution in [2.75, 3.05) is 0 Å². The first-order chi connectivity index (χ1) is 11.0. The summed E-state index contributed by atoms with van der Waals surface area (Å²) in [7, 11) is -2.00. The molecule has 2 rings (SSSR count). The van der Waals surface area contributed by atoms with E-state index < -0.39 is 19.9 Å². The predicted molar refractivity (Wildman–Crippen MR) is 101 cm³/mol. The van der Waals surface area contributed by atoms with Crippen molar-refractivity contribution >= 4 is 14.3 Å². The molecule has 1 N–H and O–H groups in total. The van der Waals surface area contributed by atoms with Gasteiger partial charge in [0.1, 0.15) is 0 Å². The molecule has 1 fully saturated rings. The maximum atomic E-state index is 11.5. The van der Waals surface area contributed by atoms with Crippen LogP contribution in [0.15, 0.2) is 30.3 Å². The quantitative estimate of drug-likeness (QED) is 0.707. The highest BCUT2D eigenvalue weighted by Crippen LogP contribution is 2.47. The van der Waals surface area contributed by atoms with E-state index in [1.54, 1.807) is 0 Å². The molecule has 1 aliphatic carbocycles. The minimum absolute atomic E-state index is 0.0920. The highest BCUT2D eigenvalue weighted by atomic mass is 28.4. The Bertz CT molecular complexity index is 552. The molecule has 0 saturated heterocycles. The van der Waals surface area contributed by atoms with Crippen LogP contribution < -0.4 is 0 Å². The molecule has 0 aliphatic heterocycles. The van der Waals surface area contributed by atoms with Crippen molar-refractivity contribution in [1.29, 1.82) is 0 Å². The van der Waals surface area contributed by atoms with Gasteiger partial charge in [0.05, 0.1) is 12.0 Å². The van der Waals surface area contributed by atoms with Crippen molar-refractivity contribution in [2.24, 2.45) is 0 Å². The van der Waals surface area contributed by atoms with Crippen molar-refractivity contribution in [1.82, 2.24) is 0 Å². The van der Waals surface area contributed by atoms with Crippen LogP contribution >= 0.6 is 0 Å². The molecule has 4 heteroatoms. The predicted octanol–water partition coefficient (Wildman–Crippen LogP) is 5.58.